The SMILES string of the molecule is CCCCCC(C)C(=O)O[C@]12C[C@@H](CN1)C[C@H]2Nc1ccc(OC)cn1. The topological polar surface area (TPSA) is 72.5 Å². The largest absolute Gasteiger partial charge is 0.495 e. The first-order chi connectivity index (χ1) is 12.6. The minimum Gasteiger partial charge on any atom is -0.495 e. The molecule has 1 aliphatic heterocycles. The van der Waals surface area contributed by atoms with Gasteiger partial charge in [-0.05, 0) is 30.9 Å². The van der Waals surface area contributed by atoms with Crippen molar-refractivity contribution in [1.82, 2.24) is 10.3 Å². The first-order valence-electron chi connectivity index (χ1n) is 9.80. The molecular formula is C20H31N3O3. The van der Waals surface area contributed by atoms with Gasteiger partial charge in [0.15, 0.2) is 5.72 Å². The Hall–Kier alpha value is -1.82. The number of esters is 1. The maximum absolute atomic E-state index is 12.6. The van der Waals surface area contributed by atoms with Gasteiger partial charge < -0.3 is 14.8 Å². The summed E-state index contributed by atoms with van der Waals surface area (Å²) in [6, 6.07) is 3.81. The van der Waals surface area contributed by atoms with Crippen LogP contribution in [0.4, 0.5) is 5.82 Å². The van der Waals surface area contributed by atoms with E-state index < -0.39 is 5.72 Å². The number of hydrogen-bond donors (Lipinski definition) is 2. The molecule has 1 saturated carbocycles. The number of aromatic nitrogens is 1. The Labute approximate surface area is 156 Å². The van der Waals surface area contributed by atoms with Gasteiger partial charge in [-0.1, -0.05) is 33.1 Å². The minimum absolute atomic E-state index is 0.0361. The fraction of sp³-hybridized carbons (Fsp3) is 0.700. The average Bonchev–Trinajstić information content (AvgIpc) is 3.20. The molecule has 6 nitrogen and oxygen atoms in total. The van der Waals surface area contributed by atoms with Gasteiger partial charge in [0.05, 0.1) is 25.3 Å². The highest BCUT2D eigenvalue weighted by Gasteiger charge is 2.55. The van der Waals surface area contributed by atoms with E-state index in [1.165, 1.54) is 0 Å². The molecular weight excluding hydrogens is 330 g/mol. The molecule has 1 saturated heterocycles. The molecule has 0 aromatic carbocycles. The molecule has 6 heteroatoms. The third-order valence-corrected chi connectivity index (χ3v) is 5.63. The Bertz CT molecular complexity index is 607. The highest BCUT2D eigenvalue weighted by molar-refractivity contribution is 5.72. The molecule has 0 radical (unpaired) electrons. The predicted molar refractivity (Wildman–Crippen MR) is 101 cm³/mol. The van der Waals surface area contributed by atoms with Crippen LogP contribution in [0.2, 0.25) is 0 Å². The second-order valence-corrected chi connectivity index (χ2v) is 7.67. The molecule has 1 unspecified atom stereocenters. The molecule has 144 valence electrons. The van der Waals surface area contributed by atoms with Crippen molar-refractivity contribution in [3.8, 4) is 5.75 Å². The van der Waals surface area contributed by atoms with Gasteiger partial charge in [0.25, 0.3) is 0 Å². The Morgan fingerprint density at radius 2 is 2.31 bits per heavy atom. The molecule has 2 N–H and O–H groups in total. The monoisotopic (exact) mass is 361 g/mol. The van der Waals surface area contributed by atoms with Gasteiger partial charge in [-0.2, -0.15) is 0 Å². The lowest BCUT2D eigenvalue weighted by atomic mass is 10.0. The summed E-state index contributed by atoms with van der Waals surface area (Å²) in [5.74, 6) is 1.89. The first-order valence-corrected chi connectivity index (χ1v) is 9.80. The summed E-state index contributed by atoms with van der Waals surface area (Å²) in [7, 11) is 1.63. The molecule has 26 heavy (non-hydrogen) atoms. The van der Waals surface area contributed by atoms with Crippen molar-refractivity contribution in [2.45, 2.75) is 64.1 Å². The minimum atomic E-state index is -0.609. The van der Waals surface area contributed by atoms with Crippen LogP contribution in [-0.2, 0) is 9.53 Å². The van der Waals surface area contributed by atoms with Gasteiger partial charge in [-0.3, -0.25) is 10.1 Å². The number of ether oxygens (including phenoxy) is 2. The zero-order valence-corrected chi connectivity index (χ0v) is 16.1. The fourth-order valence-electron chi connectivity index (χ4n) is 4.03. The number of piperidine rings is 1. The number of methoxy groups -OCH3 is 1. The van der Waals surface area contributed by atoms with Gasteiger partial charge in [-0.15, -0.1) is 0 Å². The molecule has 3 rings (SSSR count). The van der Waals surface area contributed by atoms with E-state index in [0.717, 1.165) is 56.6 Å². The molecule has 0 spiro atoms. The highest BCUT2D eigenvalue weighted by atomic mass is 16.6. The molecule has 2 bridgehead atoms. The molecule has 0 amide bonds. The Balaban J connectivity index is 1.62. The van der Waals surface area contributed by atoms with Gasteiger partial charge in [0.2, 0.25) is 0 Å². The number of pyridine rings is 1. The zero-order chi connectivity index (χ0) is 18.6. The van der Waals surface area contributed by atoms with Gasteiger partial charge >= 0.3 is 5.97 Å². The number of carbonyl (C=O) groups is 1. The quantitative estimate of drug-likeness (QED) is 0.519. The molecule has 2 fully saturated rings. The Morgan fingerprint density at radius 3 is 2.96 bits per heavy atom. The number of fused-ring (bicyclic) bond motifs is 2. The van der Waals surface area contributed by atoms with Crippen molar-refractivity contribution in [1.29, 1.82) is 0 Å². The average molecular weight is 361 g/mol. The van der Waals surface area contributed by atoms with Crippen LogP contribution in [0.15, 0.2) is 18.3 Å². The van der Waals surface area contributed by atoms with Gasteiger partial charge in [0.1, 0.15) is 11.6 Å². The molecule has 1 aromatic rings. The van der Waals surface area contributed by atoms with Crippen molar-refractivity contribution in [3.63, 3.8) is 0 Å². The van der Waals surface area contributed by atoms with Crippen LogP contribution in [0, 0.1) is 11.8 Å². The second-order valence-electron chi connectivity index (χ2n) is 7.67. The molecule has 1 aromatic heterocycles. The maximum atomic E-state index is 12.6. The molecule has 1 aliphatic carbocycles. The second kappa shape index (κ2) is 8.25. The van der Waals surface area contributed by atoms with Crippen LogP contribution in [0.25, 0.3) is 0 Å². The van der Waals surface area contributed by atoms with Crippen LogP contribution < -0.4 is 15.4 Å². The number of unbranched alkanes of at least 4 members (excludes halogenated alkanes) is 2. The van der Waals surface area contributed by atoms with Crippen LogP contribution in [0.3, 0.4) is 0 Å². The van der Waals surface area contributed by atoms with E-state index in [2.05, 4.69) is 22.5 Å². The molecule has 2 aliphatic rings. The van der Waals surface area contributed by atoms with E-state index in [4.69, 9.17) is 9.47 Å². The summed E-state index contributed by atoms with van der Waals surface area (Å²) in [5, 5.41) is 6.91. The van der Waals surface area contributed by atoms with E-state index in [0.29, 0.717) is 5.92 Å². The number of hydrogen-bond acceptors (Lipinski definition) is 6. The van der Waals surface area contributed by atoms with Gasteiger partial charge in [-0.25, -0.2) is 4.98 Å². The van der Waals surface area contributed by atoms with Crippen molar-refractivity contribution in [2.75, 3.05) is 19.0 Å². The number of carbonyl (C=O) groups excluding carboxylic acids is 1. The summed E-state index contributed by atoms with van der Waals surface area (Å²) < 4.78 is 11.2. The molecule has 4 atom stereocenters. The number of anilines is 1. The summed E-state index contributed by atoms with van der Waals surface area (Å²) in [6.45, 7) is 5.06. The molecule has 2 heterocycles. The smallest absolute Gasteiger partial charge is 0.310 e. The Kier molecular flexibility index (Phi) is 6.01. The van der Waals surface area contributed by atoms with Crippen molar-refractivity contribution in [2.24, 2.45) is 11.8 Å². The van der Waals surface area contributed by atoms with Crippen molar-refractivity contribution >= 4 is 11.8 Å². The van der Waals surface area contributed by atoms with Crippen LogP contribution in [0.5, 0.6) is 5.75 Å². The number of rotatable bonds is 9. The fourth-order valence-corrected chi connectivity index (χ4v) is 4.03. The lowest BCUT2D eigenvalue weighted by molar-refractivity contribution is -0.167. The third kappa shape index (κ3) is 4.11. The summed E-state index contributed by atoms with van der Waals surface area (Å²) in [5.41, 5.74) is -0.609. The van der Waals surface area contributed by atoms with E-state index in [-0.39, 0.29) is 17.9 Å². The predicted octanol–water partition coefficient (Wildman–Crippen LogP) is 3.34. The third-order valence-electron chi connectivity index (χ3n) is 5.63. The first kappa shape index (κ1) is 19.0. The number of nitrogens with zero attached hydrogens (tertiary/aromatic N) is 1. The van der Waals surface area contributed by atoms with Crippen LogP contribution in [0.1, 0.15) is 52.4 Å². The summed E-state index contributed by atoms with van der Waals surface area (Å²) >= 11 is 0. The lowest BCUT2D eigenvalue weighted by Crippen LogP contribution is -2.57. The standard InChI is InChI=1S/C20H31N3O3/c1-4-5-6-7-14(2)19(24)26-20-11-15(12-22-20)10-17(20)23-18-9-8-16(25-3)13-21-18/h8-9,13-15,17,22H,4-7,10-12H2,1-3H3,(H,21,23)/t14?,15-,17+,20-/m0/s1. The normalized spacial score (nSPS) is 28.0. The summed E-state index contributed by atoms with van der Waals surface area (Å²) in [6.07, 6.45) is 7.84. The van der Waals surface area contributed by atoms with E-state index >= 15 is 0 Å². The maximum Gasteiger partial charge on any atom is 0.310 e. The van der Waals surface area contributed by atoms with Crippen LogP contribution in [-0.4, -0.2) is 36.4 Å². The zero-order valence-electron chi connectivity index (χ0n) is 16.1. The number of nitrogens with one attached hydrogen (secondary N) is 2. The Morgan fingerprint density at radius 1 is 1.46 bits per heavy atom. The van der Waals surface area contributed by atoms with Crippen molar-refractivity contribution in [3.05, 3.63) is 18.3 Å². The summed E-state index contributed by atoms with van der Waals surface area (Å²) in [4.78, 5) is 17.0. The highest BCUT2D eigenvalue weighted by Crippen LogP contribution is 2.42. The lowest BCUT2D eigenvalue weighted by Gasteiger charge is -2.36. The van der Waals surface area contributed by atoms with Gasteiger partial charge in [0, 0.05) is 13.0 Å². The van der Waals surface area contributed by atoms with E-state index in [1.807, 2.05) is 19.1 Å². The van der Waals surface area contributed by atoms with Crippen LogP contribution >= 0.6 is 0 Å². The van der Waals surface area contributed by atoms with Crippen molar-refractivity contribution < 1.29 is 14.3 Å². The van der Waals surface area contributed by atoms with E-state index in [9.17, 15) is 4.79 Å². The van der Waals surface area contributed by atoms with E-state index in [1.54, 1.807) is 13.3 Å².